The van der Waals surface area contributed by atoms with Crippen LogP contribution in [0, 0.1) is 72.2 Å². The van der Waals surface area contributed by atoms with E-state index in [9.17, 15) is 38.3 Å². The zero-order chi connectivity index (χ0) is 76.9. The first-order valence-electron chi connectivity index (χ1n) is 36.9. The van der Waals surface area contributed by atoms with Gasteiger partial charge in [0.1, 0.15) is 69.4 Å². The molecule has 0 unspecified atom stereocenters. The number of carbonyl (C=O) groups is 6. The van der Waals surface area contributed by atoms with E-state index in [1.54, 1.807) is 64.6 Å². The van der Waals surface area contributed by atoms with Crippen molar-refractivity contribution in [3.63, 3.8) is 0 Å². The third-order valence-electron chi connectivity index (χ3n) is 21.0. The number of anilines is 3. The van der Waals surface area contributed by atoms with Gasteiger partial charge in [-0.05, 0) is 213 Å². The SMILES string of the molecule is C#CCC(=O)C[C@@H]1CCC[C@H](C(=O)Nc2cc(-c3cc(F)c4nn(C)c(C(C)(C)O)c4c3)c(Cl)cn2)C1.CC(=O)C[C@@H]1CCC[C@H](C(=O)Nc2cc(-c3cc(F)c4ncn(C(C)C)c4c3)c(C)cn2)C1.CCC(=O)C[C@@H]1CCC[C@H](C(=O)Nc2cc(-c3cc(F)c4nc5n(c4c3)C(C)(C)COC5)c(Cl)cn2)C1. The van der Waals surface area contributed by atoms with Gasteiger partial charge in [0.2, 0.25) is 17.7 Å². The monoisotopic (exact) mass is 1500 g/mol. The highest BCUT2D eigenvalue weighted by molar-refractivity contribution is 6.33. The van der Waals surface area contributed by atoms with Gasteiger partial charge in [0.25, 0.3) is 0 Å². The molecule has 7 heterocycles. The molecule has 3 amide bonds. The molecule has 3 aromatic carbocycles. The van der Waals surface area contributed by atoms with Gasteiger partial charge >= 0.3 is 0 Å². The van der Waals surface area contributed by atoms with E-state index in [0.717, 1.165) is 86.4 Å². The van der Waals surface area contributed by atoms with Crippen LogP contribution in [0.1, 0.15) is 188 Å². The number of Topliss-reactive ketones (excluding diaryl/α,β-unsaturated/α-hetero) is 3. The molecular weight excluding hydrogens is 1410 g/mol. The molecule has 25 heteroatoms. The summed E-state index contributed by atoms with van der Waals surface area (Å²) in [5, 5.41) is 24.7. The van der Waals surface area contributed by atoms with Crippen molar-refractivity contribution in [2.75, 3.05) is 22.6 Å². The number of ether oxygens (including phenoxy) is 1. The van der Waals surface area contributed by atoms with E-state index in [0.29, 0.717) is 130 Å². The van der Waals surface area contributed by atoms with Gasteiger partial charge in [0, 0.05) is 91.6 Å². The van der Waals surface area contributed by atoms with Gasteiger partial charge in [-0.1, -0.05) is 55.3 Å². The number of pyridine rings is 3. The van der Waals surface area contributed by atoms with E-state index in [1.807, 2.05) is 62.8 Å². The number of fused-ring (bicyclic) bond motifs is 5. The van der Waals surface area contributed by atoms with Crippen molar-refractivity contribution in [2.24, 2.45) is 42.6 Å². The third kappa shape index (κ3) is 18.5. The molecule has 9 aromatic rings. The molecule has 13 rings (SSSR count). The van der Waals surface area contributed by atoms with Crippen molar-refractivity contribution in [1.82, 2.24) is 43.8 Å². The summed E-state index contributed by atoms with van der Waals surface area (Å²) < 4.78 is 56.2. The van der Waals surface area contributed by atoms with Gasteiger partial charge in [-0.25, -0.2) is 38.1 Å². The first-order chi connectivity index (χ1) is 50.9. The Bertz CT molecular complexity index is 4940. The highest BCUT2D eigenvalue weighted by atomic mass is 35.5. The summed E-state index contributed by atoms with van der Waals surface area (Å²) in [5.74, 6) is 3.04. The fourth-order valence-corrected chi connectivity index (χ4v) is 16.4. The average Bonchev–Trinajstić information content (AvgIpc) is 1.58. The number of halogens is 5. The second-order valence-corrected chi connectivity index (χ2v) is 31.5. The molecule has 564 valence electrons. The van der Waals surface area contributed by atoms with Crippen molar-refractivity contribution in [2.45, 2.75) is 195 Å². The number of nitrogens with one attached hydrogen (secondary N) is 3. The number of benzene rings is 3. The van der Waals surface area contributed by atoms with Crippen LogP contribution in [0.3, 0.4) is 0 Å². The first-order valence-corrected chi connectivity index (χ1v) is 37.6. The van der Waals surface area contributed by atoms with Gasteiger partial charge in [0.15, 0.2) is 17.5 Å². The summed E-state index contributed by atoms with van der Waals surface area (Å²) in [6.07, 6.45) is 23.6. The van der Waals surface area contributed by atoms with Crippen LogP contribution < -0.4 is 16.0 Å². The lowest BCUT2D eigenvalue weighted by Gasteiger charge is -2.33. The second-order valence-electron chi connectivity index (χ2n) is 30.7. The Labute approximate surface area is 631 Å². The average molecular weight is 1500 g/mol. The molecule has 6 atom stereocenters. The largest absolute Gasteiger partial charge is 0.384 e. The second kappa shape index (κ2) is 33.5. The maximum absolute atomic E-state index is 15.2. The molecule has 0 saturated heterocycles. The van der Waals surface area contributed by atoms with Crippen molar-refractivity contribution < 1.29 is 51.8 Å². The van der Waals surface area contributed by atoms with E-state index in [2.05, 4.69) is 51.9 Å². The highest BCUT2D eigenvalue weighted by Gasteiger charge is 2.35. The Morgan fingerprint density at radius 3 is 1.65 bits per heavy atom. The van der Waals surface area contributed by atoms with Gasteiger partial charge < -0.3 is 39.7 Å². The number of nitrogens with zero attached hydrogens (tertiary/aromatic N) is 9. The van der Waals surface area contributed by atoms with E-state index in [-0.39, 0.29) is 105 Å². The van der Waals surface area contributed by atoms with Crippen molar-refractivity contribution in [3.8, 4) is 45.7 Å². The summed E-state index contributed by atoms with van der Waals surface area (Å²) in [4.78, 5) is 96.0. The molecule has 0 bridgehead atoms. The number of ketones is 3. The molecule has 6 aromatic heterocycles. The minimum Gasteiger partial charge on any atom is -0.384 e. The number of rotatable bonds is 19. The van der Waals surface area contributed by atoms with Gasteiger partial charge in [-0.2, -0.15) is 5.10 Å². The molecule has 4 aliphatic rings. The molecule has 107 heavy (non-hydrogen) atoms. The summed E-state index contributed by atoms with van der Waals surface area (Å²) >= 11 is 12.9. The van der Waals surface area contributed by atoms with Crippen molar-refractivity contribution >= 4 is 109 Å². The van der Waals surface area contributed by atoms with Crippen LogP contribution in [-0.4, -0.2) is 90.6 Å². The quantitative estimate of drug-likeness (QED) is 0.0549. The zero-order valence-corrected chi connectivity index (χ0v) is 63.8. The normalized spacial score (nSPS) is 19.2. The zero-order valence-electron chi connectivity index (χ0n) is 62.3. The molecule has 1 aliphatic heterocycles. The standard InChI is InChI=1S/C28H32ClFN4O3.C28H30ClFN4O3.C26H31FN4O2/c1-4-19(35)9-16-6-5-7-17(8-16)27(36)32-24-12-20(21(29)13-31-24)18-10-22(30)26-23(11-18)34-25(33-26)14-37-15-28(34,2)3;1-5-7-19(35)11-16-8-6-9-17(10-16)27(36)32-24-14-20(22(29)15-31-24)18-12-21-25(23(30)13-18)33-34(4)26(21)28(2,3)37;1-15(2)31-14-29-25-22(27)10-20(11-23(25)31)21-12-24(28-13-16(21)3)30-26(33)19-7-5-6-18(9-19)8-17(4)32/h10-13,16-17H,4-9,14-15H2,1-3H3,(H,31,32,36);1,12-17,37H,6-11H2,2-4H3,(H,31,32,36);10-15,18-19H,5-9H2,1-4H3,(H,28,30,33)/t2*16-,17+;18-,19-/m110/s1. The Balaban J connectivity index is 0.000000160. The lowest BCUT2D eigenvalue weighted by Crippen LogP contribution is -2.37. The number of aryl methyl sites for hydroxylation is 2. The summed E-state index contributed by atoms with van der Waals surface area (Å²) in [7, 11) is 1.65. The number of imidazole rings is 2. The number of hydrogen-bond donors (Lipinski definition) is 4. The Hall–Kier alpha value is -9.21. The number of amides is 3. The van der Waals surface area contributed by atoms with Crippen LogP contribution in [0.25, 0.3) is 66.4 Å². The molecule has 3 saturated carbocycles. The predicted octanol–water partition coefficient (Wildman–Crippen LogP) is 17.5. The lowest BCUT2D eigenvalue weighted by atomic mass is 9.78. The summed E-state index contributed by atoms with van der Waals surface area (Å²) in [6.45, 7) is 17.6. The van der Waals surface area contributed by atoms with E-state index < -0.39 is 17.2 Å². The Morgan fingerprint density at radius 1 is 0.664 bits per heavy atom. The molecule has 0 radical (unpaired) electrons. The molecular formula is C82H93Cl2F3N12O8. The molecule has 3 fully saturated rings. The minimum atomic E-state index is -1.25. The number of terminal acetylenes is 1. The first kappa shape index (κ1) is 78.8. The van der Waals surface area contributed by atoms with E-state index >= 15 is 8.78 Å². The maximum atomic E-state index is 15.2. The maximum Gasteiger partial charge on any atom is 0.228 e. The van der Waals surface area contributed by atoms with Gasteiger partial charge in [-0.15, -0.1) is 6.42 Å². The third-order valence-corrected chi connectivity index (χ3v) is 21.6. The van der Waals surface area contributed by atoms with E-state index in [1.165, 1.54) is 35.3 Å². The number of aromatic nitrogens is 9. The topological polar surface area (TPSA) is 260 Å². The minimum absolute atomic E-state index is 0.0307. The van der Waals surface area contributed by atoms with Crippen LogP contribution in [0.5, 0.6) is 0 Å². The number of aliphatic hydroxyl groups is 1. The van der Waals surface area contributed by atoms with Crippen LogP contribution in [0.4, 0.5) is 30.6 Å². The lowest BCUT2D eigenvalue weighted by molar-refractivity contribution is -0.123. The van der Waals surface area contributed by atoms with Crippen LogP contribution in [-0.2, 0) is 58.3 Å². The Morgan fingerprint density at radius 2 is 1.14 bits per heavy atom. The molecule has 0 spiro atoms. The predicted molar refractivity (Wildman–Crippen MR) is 410 cm³/mol. The van der Waals surface area contributed by atoms with Gasteiger partial charge in [0.05, 0.1) is 51.7 Å². The number of carbonyl (C=O) groups excluding carboxylic acids is 6. The van der Waals surface area contributed by atoms with Crippen LogP contribution in [0.15, 0.2) is 79.5 Å². The summed E-state index contributed by atoms with van der Waals surface area (Å²) in [6, 6.07) is 15.0. The highest BCUT2D eigenvalue weighted by Crippen LogP contribution is 2.42. The molecule has 3 aliphatic carbocycles. The fraction of sp³-hybridized carbons (Fsp3) is 0.463. The van der Waals surface area contributed by atoms with Gasteiger partial charge in [-0.3, -0.25) is 28.7 Å². The smallest absolute Gasteiger partial charge is 0.228 e. The van der Waals surface area contributed by atoms with E-state index in [4.69, 9.17) is 34.4 Å². The molecule has 4 N–H and O–H groups in total. The van der Waals surface area contributed by atoms with Crippen LogP contribution >= 0.6 is 23.2 Å². The molecule has 20 nitrogen and oxygen atoms in total. The van der Waals surface area contributed by atoms with Crippen molar-refractivity contribution in [1.29, 1.82) is 0 Å². The summed E-state index contributed by atoms with van der Waals surface area (Å²) in [5.41, 5.74) is 5.57. The van der Waals surface area contributed by atoms with Crippen molar-refractivity contribution in [3.05, 3.63) is 124 Å². The number of hydrogen-bond acceptors (Lipinski definition) is 14. The fourth-order valence-electron chi connectivity index (χ4n) is 15.9. The van der Waals surface area contributed by atoms with Crippen LogP contribution in [0.2, 0.25) is 10.0 Å². The Kier molecular flexibility index (Phi) is 24.7.